The summed E-state index contributed by atoms with van der Waals surface area (Å²) in [5.74, 6) is -2.16. The Morgan fingerprint density at radius 1 is 1.04 bits per heavy atom. The Morgan fingerprint density at radius 2 is 1.62 bits per heavy atom. The molecule has 0 aromatic carbocycles. The second-order valence-electron chi connectivity index (χ2n) is 10.2. The van der Waals surface area contributed by atoms with E-state index in [0.717, 1.165) is 6.42 Å². The Balaban J connectivity index is 2.08. The first-order valence-corrected chi connectivity index (χ1v) is 8.52. The molecule has 2 aliphatic carbocycles. The molecule has 3 N–H and O–H groups in total. The Bertz CT molecular complexity index is 621. The number of fused-ring (bicyclic) bond motifs is 4. The molecular weight excluding hydrogens is 312 g/mol. The zero-order chi connectivity index (χ0) is 18.4. The van der Waals surface area contributed by atoms with Crippen LogP contribution < -0.4 is 0 Å². The molecule has 2 saturated carbocycles. The summed E-state index contributed by atoms with van der Waals surface area (Å²) < 4.78 is 5.86. The molecule has 2 bridgehead atoms. The van der Waals surface area contributed by atoms with Gasteiger partial charge < -0.3 is 20.1 Å². The summed E-state index contributed by atoms with van der Waals surface area (Å²) in [6.45, 7) is 9.31. The van der Waals surface area contributed by atoms with Crippen molar-refractivity contribution in [2.24, 2.45) is 16.2 Å². The predicted octanol–water partition coefficient (Wildman–Crippen LogP) is 2.43. The summed E-state index contributed by atoms with van der Waals surface area (Å²) >= 11 is 0. The van der Waals surface area contributed by atoms with Gasteiger partial charge in [-0.2, -0.15) is 0 Å². The molecule has 3 fully saturated rings. The molecule has 0 aromatic heterocycles. The van der Waals surface area contributed by atoms with Crippen LogP contribution >= 0.6 is 0 Å². The molecule has 0 amide bonds. The monoisotopic (exact) mass is 340 g/mol. The Labute approximate surface area is 142 Å². The van der Waals surface area contributed by atoms with Gasteiger partial charge in [-0.3, -0.25) is 4.79 Å². The van der Waals surface area contributed by atoms with Gasteiger partial charge in [-0.05, 0) is 56.8 Å². The average molecular weight is 340 g/mol. The number of carboxylic acid groups (broad SMARTS) is 2. The summed E-state index contributed by atoms with van der Waals surface area (Å²) in [6, 6.07) is 0. The molecule has 6 nitrogen and oxygen atoms in total. The van der Waals surface area contributed by atoms with Gasteiger partial charge in [0.05, 0.1) is 5.41 Å². The van der Waals surface area contributed by atoms with Crippen LogP contribution in [0.5, 0.6) is 0 Å². The van der Waals surface area contributed by atoms with Gasteiger partial charge in [0.1, 0.15) is 11.2 Å². The molecule has 3 rings (SSSR count). The van der Waals surface area contributed by atoms with Crippen LogP contribution in [0.3, 0.4) is 0 Å². The largest absolute Gasteiger partial charge is 0.481 e. The SMILES string of the molecule is CC1(C)CC2(C)CC(O)(C1)C1(C(=O)O)OC1(CC(C)(C)C(=O)O)C2. The molecule has 0 radical (unpaired) electrons. The van der Waals surface area contributed by atoms with E-state index >= 15 is 0 Å². The molecule has 4 atom stereocenters. The van der Waals surface area contributed by atoms with Crippen LogP contribution in [-0.2, 0) is 14.3 Å². The molecule has 3 aliphatic rings. The summed E-state index contributed by atoms with van der Waals surface area (Å²) in [4.78, 5) is 23.7. The summed E-state index contributed by atoms with van der Waals surface area (Å²) in [5.41, 5.74) is -5.85. The number of aliphatic hydroxyl groups is 1. The fraction of sp³-hybridized carbons (Fsp3) is 0.889. The second kappa shape index (κ2) is 4.33. The van der Waals surface area contributed by atoms with Crippen molar-refractivity contribution in [2.45, 2.75) is 83.5 Å². The Morgan fingerprint density at radius 3 is 2.12 bits per heavy atom. The van der Waals surface area contributed by atoms with E-state index < -0.39 is 34.2 Å². The van der Waals surface area contributed by atoms with E-state index in [0.29, 0.717) is 19.3 Å². The maximum atomic E-state index is 12.2. The van der Waals surface area contributed by atoms with Crippen molar-refractivity contribution in [3.05, 3.63) is 0 Å². The fourth-order valence-electron chi connectivity index (χ4n) is 6.30. The van der Waals surface area contributed by atoms with E-state index in [4.69, 9.17) is 4.74 Å². The van der Waals surface area contributed by atoms with Gasteiger partial charge in [-0.1, -0.05) is 20.8 Å². The van der Waals surface area contributed by atoms with Crippen molar-refractivity contribution >= 4 is 11.9 Å². The molecule has 1 aliphatic heterocycles. The van der Waals surface area contributed by atoms with Gasteiger partial charge in [-0.15, -0.1) is 0 Å². The third-order valence-electron chi connectivity index (χ3n) is 6.32. The first-order valence-electron chi connectivity index (χ1n) is 8.52. The minimum absolute atomic E-state index is 0.0833. The standard InChI is InChI=1S/C18H28O6/c1-13(2)6-15(5)9-16(23,7-13)18(12(21)22)17(10-15,24-18)8-14(3,4)11(19)20/h23H,6-10H2,1-5H3,(H,19,20)(H,21,22). The van der Waals surface area contributed by atoms with E-state index in [1.807, 2.05) is 13.8 Å². The maximum Gasteiger partial charge on any atom is 0.342 e. The van der Waals surface area contributed by atoms with Crippen molar-refractivity contribution in [1.82, 2.24) is 0 Å². The minimum atomic E-state index is -1.69. The van der Waals surface area contributed by atoms with Gasteiger partial charge in [0, 0.05) is 0 Å². The topological polar surface area (TPSA) is 107 Å². The van der Waals surface area contributed by atoms with E-state index in [-0.39, 0.29) is 17.3 Å². The number of epoxide rings is 1. The maximum absolute atomic E-state index is 12.2. The normalized spacial score (nSPS) is 46.1. The molecule has 136 valence electrons. The number of aliphatic carboxylic acids is 2. The van der Waals surface area contributed by atoms with Gasteiger partial charge in [0.15, 0.2) is 0 Å². The van der Waals surface area contributed by atoms with Crippen LogP contribution in [0.15, 0.2) is 0 Å². The van der Waals surface area contributed by atoms with Crippen molar-refractivity contribution in [3.63, 3.8) is 0 Å². The lowest BCUT2D eigenvalue weighted by molar-refractivity contribution is -0.180. The lowest BCUT2D eigenvalue weighted by atomic mass is 9.47. The van der Waals surface area contributed by atoms with E-state index in [1.54, 1.807) is 13.8 Å². The molecule has 1 heterocycles. The minimum Gasteiger partial charge on any atom is -0.481 e. The van der Waals surface area contributed by atoms with Crippen LogP contribution in [0.2, 0.25) is 0 Å². The molecule has 1 saturated heterocycles. The molecular formula is C18H28O6. The Kier molecular flexibility index (Phi) is 3.19. The number of rotatable bonds is 4. The van der Waals surface area contributed by atoms with Crippen LogP contribution in [0.4, 0.5) is 0 Å². The van der Waals surface area contributed by atoms with Crippen molar-refractivity contribution in [1.29, 1.82) is 0 Å². The van der Waals surface area contributed by atoms with Crippen LogP contribution in [-0.4, -0.2) is 44.1 Å². The molecule has 24 heavy (non-hydrogen) atoms. The highest BCUT2D eigenvalue weighted by Crippen LogP contribution is 2.74. The highest BCUT2D eigenvalue weighted by molar-refractivity contribution is 5.86. The fourth-order valence-corrected chi connectivity index (χ4v) is 6.30. The van der Waals surface area contributed by atoms with Gasteiger partial charge in [-0.25, -0.2) is 4.79 Å². The summed E-state index contributed by atoms with van der Waals surface area (Å²) in [5, 5.41) is 30.8. The summed E-state index contributed by atoms with van der Waals surface area (Å²) in [7, 11) is 0. The van der Waals surface area contributed by atoms with E-state index in [2.05, 4.69) is 6.92 Å². The average Bonchev–Trinajstić information content (AvgIpc) is 2.93. The molecule has 6 heteroatoms. The zero-order valence-electron chi connectivity index (χ0n) is 15.1. The number of ether oxygens (including phenoxy) is 1. The highest BCUT2D eigenvalue weighted by atomic mass is 16.7. The first kappa shape index (κ1) is 17.7. The van der Waals surface area contributed by atoms with Crippen molar-refractivity contribution < 1.29 is 29.6 Å². The predicted molar refractivity (Wildman–Crippen MR) is 85.5 cm³/mol. The van der Waals surface area contributed by atoms with Crippen LogP contribution in [0.1, 0.15) is 66.7 Å². The third kappa shape index (κ3) is 2.08. The zero-order valence-corrected chi connectivity index (χ0v) is 15.1. The van der Waals surface area contributed by atoms with E-state index in [9.17, 15) is 24.9 Å². The Hall–Kier alpha value is -1.14. The lowest BCUT2D eigenvalue weighted by Gasteiger charge is -2.56. The highest BCUT2D eigenvalue weighted by Gasteiger charge is 2.88. The van der Waals surface area contributed by atoms with Gasteiger partial charge in [0.25, 0.3) is 0 Å². The number of hydrogen-bond acceptors (Lipinski definition) is 4. The van der Waals surface area contributed by atoms with Gasteiger partial charge in [0.2, 0.25) is 5.60 Å². The number of carboxylic acids is 2. The van der Waals surface area contributed by atoms with Crippen molar-refractivity contribution in [2.75, 3.05) is 0 Å². The number of hydrogen-bond donors (Lipinski definition) is 3. The summed E-state index contributed by atoms with van der Waals surface area (Å²) in [6.07, 6.45) is 2.13. The third-order valence-corrected chi connectivity index (χ3v) is 6.32. The van der Waals surface area contributed by atoms with Gasteiger partial charge >= 0.3 is 11.9 Å². The lowest BCUT2D eigenvalue weighted by Crippen LogP contribution is -2.66. The van der Waals surface area contributed by atoms with Crippen molar-refractivity contribution in [3.8, 4) is 0 Å². The van der Waals surface area contributed by atoms with E-state index in [1.165, 1.54) is 0 Å². The smallest absolute Gasteiger partial charge is 0.342 e. The molecule has 4 unspecified atom stereocenters. The molecule has 0 aromatic rings. The quantitative estimate of drug-likeness (QED) is 0.679. The second-order valence-corrected chi connectivity index (χ2v) is 10.2. The first-order chi connectivity index (χ1) is 10.6. The number of carbonyl (C=O) groups is 2. The van der Waals surface area contributed by atoms with Crippen LogP contribution in [0.25, 0.3) is 0 Å². The molecule has 0 spiro atoms. The van der Waals surface area contributed by atoms with Crippen LogP contribution in [0, 0.1) is 16.2 Å².